The molecule has 132 valence electrons. The van der Waals surface area contributed by atoms with Crippen LogP contribution in [-0.4, -0.2) is 56.4 Å². The molecule has 2 aliphatic rings. The van der Waals surface area contributed by atoms with E-state index in [1.54, 1.807) is 14.2 Å². The van der Waals surface area contributed by atoms with Crippen LogP contribution in [-0.2, 0) is 9.47 Å². The lowest BCUT2D eigenvalue weighted by molar-refractivity contribution is 0.0611. The van der Waals surface area contributed by atoms with Gasteiger partial charge in [-0.25, -0.2) is 0 Å². The molecule has 3 rings (SSSR count). The van der Waals surface area contributed by atoms with E-state index in [0.717, 1.165) is 25.0 Å². The molecule has 1 aliphatic carbocycles. The molecule has 0 bridgehead atoms. The van der Waals surface area contributed by atoms with Gasteiger partial charge >= 0.3 is 0 Å². The Morgan fingerprint density at radius 3 is 2.71 bits per heavy atom. The highest BCUT2D eigenvalue weighted by Crippen LogP contribution is 2.27. The van der Waals surface area contributed by atoms with Gasteiger partial charge in [0.05, 0.1) is 24.9 Å². The van der Waals surface area contributed by atoms with Gasteiger partial charge in [0.25, 0.3) is 5.91 Å². The highest BCUT2D eigenvalue weighted by atomic mass is 16.5. The molecule has 24 heavy (non-hydrogen) atoms. The summed E-state index contributed by atoms with van der Waals surface area (Å²) in [5.41, 5.74) is 0.670. The number of amides is 1. The second kappa shape index (κ2) is 7.99. The maximum Gasteiger partial charge on any atom is 0.254 e. The van der Waals surface area contributed by atoms with Gasteiger partial charge in [0.2, 0.25) is 0 Å². The second-order valence-corrected chi connectivity index (χ2v) is 6.71. The summed E-state index contributed by atoms with van der Waals surface area (Å²) in [6.07, 6.45) is 5.86. The normalized spacial score (nSPS) is 24.5. The van der Waals surface area contributed by atoms with E-state index in [1.807, 2.05) is 29.2 Å². The first-order valence-corrected chi connectivity index (χ1v) is 8.80. The van der Waals surface area contributed by atoms with Crippen LogP contribution in [0.2, 0.25) is 0 Å². The third-order valence-corrected chi connectivity index (χ3v) is 5.02. The van der Waals surface area contributed by atoms with Gasteiger partial charge in [0.1, 0.15) is 5.75 Å². The Morgan fingerprint density at radius 2 is 2.00 bits per heavy atom. The number of hydrogen-bond donors (Lipinski definition) is 0. The third-order valence-electron chi connectivity index (χ3n) is 5.02. The molecular weight excluding hydrogens is 306 g/mol. The largest absolute Gasteiger partial charge is 0.490 e. The first kappa shape index (κ1) is 17.2. The smallest absolute Gasteiger partial charge is 0.254 e. The van der Waals surface area contributed by atoms with E-state index in [1.165, 1.54) is 12.8 Å². The average Bonchev–Trinajstić information content (AvgIpc) is 3.24. The Labute approximate surface area is 143 Å². The Kier molecular flexibility index (Phi) is 5.74. The fraction of sp³-hybridized carbons (Fsp3) is 0.632. The third kappa shape index (κ3) is 3.90. The summed E-state index contributed by atoms with van der Waals surface area (Å²) in [5.74, 6) is 0.812. The van der Waals surface area contributed by atoms with Crippen molar-refractivity contribution >= 4 is 5.91 Å². The minimum Gasteiger partial charge on any atom is -0.490 e. The molecule has 2 fully saturated rings. The molecule has 0 aromatic heterocycles. The Balaban J connectivity index is 1.71. The van der Waals surface area contributed by atoms with Crippen LogP contribution in [0.5, 0.6) is 5.75 Å². The molecule has 0 spiro atoms. The van der Waals surface area contributed by atoms with Crippen LogP contribution in [0.4, 0.5) is 0 Å². The minimum absolute atomic E-state index is 0.0217. The van der Waals surface area contributed by atoms with Crippen molar-refractivity contribution in [3.63, 3.8) is 0 Å². The van der Waals surface area contributed by atoms with Gasteiger partial charge in [-0.1, -0.05) is 6.07 Å². The second-order valence-electron chi connectivity index (χ2n) is 6.71. The minimum atomic E-state index is 0.0217. The molecule has 0 unspecified atom stereocenters. The SMILES string of the molecule is COC[C@@H]1C[C@@H](OC)CN1C(=O)c1cccc(OC2CCCC2)c1. The van der Waals surface area contributed by atoms with Gasteiger partial charge in [-0.15, -0.1) is 0 Å². The van der Waals surface area contributed by atoms with Gasteiger partial charge < -0.3 is 19.1 Å². The Hall–Kier alpha value is -1.59. The summed E-state index contributed by atoms with van der Waals surface area (Å²) in [6, 6.07) is 7.61. The summed E-state index contributed by atoms with van der Waals surface area (Å²) in [5, 5.41) is 0. The van der Waals surface area contributed by atoms with E-state index in [-0.39, 0.29) is 18.1 Å². The van der Waals surface area contributed by atoms with E-state index in [4.69, 9.17) is 14.2 Å². The van der Waals surface area contributed by atoms with Crippen LogP contribution in [0.3, 0.4) is 0 Å². The predicted octanol–water partition coefficient (Wildman–Crippen LogP) is 2.88. The number of nitrogens with zero attached hydrogens (tertiary/aromatic N) is 1. The molecule has 2 atom stereocenters. The van der Waals surface area contributed by atoms with Crippen molar-refractivity contribution in [2.75, 3.05) is 27.4 Å². The number of carbonyl (C=O) groups excluding carboxylic acids is 1. The Bertz CT molecular complexity index is 556. The number of benzene rings is 1. The molecule has 0 radical (unpaired) electrons. The van der Waals surface area contributed by atoms with Crippen molar-refractivity contribution in [3.8, 4) is 5.75 Å². The van der Waals surface area contributed by atoms with E-state index >= 15 is 0 Å². The highest BCUT2D eigenvalue weighted by Gasteiger charge is 2.35. The number of methoxy groups -OCH3 is 2. The molecule has 5 heteroatoms. The van der Waals surface area contributed by atoms with E-state index in [0.29, 0.717) is 24.8 Å². The van der Waals surface area contributed by atoms with Crippen molar-refractivity contribution in [1.82, 2.24) is 4.90 Å². The fourth-order valence-corrected chi connectivity index (χ4v) is 3.71. The van der Waals surface area contributed by atoms with Crippen molar-refractivity contribution in [2.24, 2.45) is 0 Å². The molecule has 5 nitrogen and oxygen atoms in total. The van der Waals surface area contributed by atoms with Crippen LogP contribution < -0.4 is 4.74 Å². The summed E-state index contributed by atoms with van der Waals surface area (Å²) in [6.45, 7) is 1.14. The van der Waals surface area contributed by atoms with Crippen LogP contribution in [0.15, 0.2) is 24.3 Å². The number of likely N-dealkylation sites (tertiary alicyclic amines) is 1. The molecule has 1 aromatic carbocycles. The summed E-state index contributed by atoms with van der Waals surface area (Å²) in [7, 11) is 3.36. The lowest BCUT2D eigenvalue weighted by Gasteiger charge is -2.24. The van der Waals surface area contributed by atoms with Crippen molar-refractivity contribution in [2.45, 2.75) is 50.4 Å². The number of rotatable bonds is 6. The zero-order chi connectivity index (χ0) is 16.9. The number of hydrogen-bond acceptors (Lipinski definition) is 4. The lowest BCUT2D eigenvalue weighted by atomic mass is 10.1. The first-order chi connectivity index (χ1) is 11.7. The monoisotopic (exact) mass is 333 g/mol. The van der Waals surface area contributed by atoms with Gasteiger partial charge in [0.15, 0.2) is 0 Å². The van der Waals surface area contributed by atoms with Crippen LogP contribution in [0.1, 0.15) is 42.5 Å². The number of carbonyl (C=O) groups is 1. The maximum absolute atomic E-state index is 12.9. The van der Waals surface area contributed by atoms with Crippen LogP contribution in [0.25, 0.3) is 0 Å². The zero-order valence-electron chi connectivity index (χ0n) is 14.6. The summed E-state index contributed by atoms with van der Waals surface area (Å²) in [4.78, 5) is 14.8. The first-order valence-electron chi connectivity index (χ1n) is 8.80. The van der Waals surface area contributed by atoms with Crippen molar-refractivity contribution in [3.05, 3.63) is 29.8 Å². The molecule has 1 amide bonds. The van der Waals surface area contributed by atoms with E-state index < -0.39 is 0 Å². The van der Waals surface area contributed by atoms with Gasteiger partial charge in [-0.2, -0.15) is 0 Å². The summed E-state index contributed by atoms with van der Waals surface area (Å²) < 4.78 is 16.7. The predicted molar refractivity (Wildman–Crippen MR) is 91.4 cm³/mol. The molecule has 1 saturated heterocycles. The molecule has 0 N–H and O–H groups in total. The fourth-order valence-electron chi connectivity index (χ4n) is 3.71. The van der Waals surface area contributed by atoms with Gasteiger partial charge in [-0.05, 0) is 50.3 Å². The van der Waals surface area contributed by atoms with Gasteiger partial charge in [-0.3, -0.25) is 4.79 Å². The zero-order valence-corrected chi connectivity index (χ0v) is 14.6. The van der Waals surface area contributed by atoms with Crippen molar-refractivity contribution in [1.29, 1.82) is 0 Å². The topological polar surface area (TPSA) is 48.0 Å². The molecule has 1 saturated carbocycles. The molecular formula is C19H27NO4. The van der Waals surface area contributed by atoms with E-state index in [9.17, 15) is 4.79 Å². The van der Waals surface area contributed by atoms with Gasteiger partial charge in [0, 0.05) is 26.3 Å². The highest BCUT2D eigenvalue weighted by molar-refractivity contribution is 5.95. The van der Waals surface area contributed by atoms with E-state index in [2.05, 4.69) is 0 Å². The maximum atomic E-state index is 12.9. The molecule has 1 aliphatic heterocycles. The molecule has 1 heterocycles. The Morgan fingerprint density at radius 1 is 1.21 bits per heavy atom. The van der Waals surface area contributed by atoms with Crippen molar-refractivity contribution < 1.29 is 19.0 Å². The number of ether oxygens (including phenoxy) is 3. The average molecular weight is 333 g/mol. The van der Waals surface area contributed by atoms with Crippen LogP contribution in [0, 0.1) is 0 Å². The summed E-state index contributed by atoms with van der Waals surface area (Å²) >= 11 is 0. The van der Waals surface area contributed by atoms with Crippen LogP contribution >= 0.6 is 0 Å². The quantitative estimate of drug-likeness (QED) is 0.803. The molecule has 1 aromatic rings. The lowest BCUT2D eigenvalue weighted by Crippen LogP contribution is -2.38. The standard InChI is InChI=1S/C19H27NO4/c1-22-13-15-11-18(23-2)12-20(15)19(21)14-6-5-9-17(10-14)24-16-7-3-4-8-16/h5-6,9-10,15-16,18H,3-4,7-8,11-13H2,1-2H3/t15-,18+/m0/s1.